The highest BCUT2D eigenvalue weighted by Gasteiger charge is 2.44. The van der Waals surface area contributed by atoms with E-state index in [1.165, 1.54) is 17.2 Å². The summed E-state index contributed by atoms with van der Waals surface area (Å²) in [4.78, 5) is 12.7. The number of benzene rings is 1. The zero-order chi connectivity index (χ0) is 23.2. The van der Waals surface area contributed by atoms with Crippen molar-refractivity contribution in [2.75, 3.05) is 11.9 Å². The van der Waals surface area contributed by atoms with Gasteiger partial charge in [-0.15, -0.1) is 0 Å². The van der Waals surface area contributed by atoms with E-state index in [1.54, 1.807) is 33.0 Å². The fourth-order valence-corrected chi connectivity index (χ4v) is 3.81. The Morgan fingerprint density at radius 2 is 1.75 bits per heavy atom. The lowest BCUT2D eigenvalue weighted by molar-refractivity contribution is -0.0511. The molecule has 4 unspecified atom stereocenters. The van der Waals surface area contributed by atoms with E-state index in [4.69, 9.17) is 4.74 Å². The van der Waals surface area contributed by atoms with E-state index in [2.05, 4.69) is 20.3 Å². The predicted molar refractivity (Wildman–Crippen MR) is 115 cm³/mol. The Bertz CT molecular complexity index is 1160. The minimum atomic E-state index is -1.26. The number of fused-ring (bicyclic) bond motifs is 1. The average Bonchev–Trinajstić information content (AvgIpc) is 3.34. The minimum absolute atomic E-state index is 0.0809. The van der Waals surface area contributed by atoms with Crippen LogP contribution in [0.2, 0.25) is 0 Å². The lowest BCUT2D eigenvalue weighted by atomic mass is 9.97. The number of nitrogens with one attached hydrogen (secondary N) is 1. The highest BCUT2D eigenvalue weighted by molar-refractivity contribution is 5.83. The van der Waals surface area contributed by atoms with Crippen molar-refractivity contribution < 1.29 is 30.3 Å². The van der Waals surface area contributed by atoms with E-state index in [-0.39, 0.29) is 11.5 Å². The van der Waals surface area contributed by atoms with Gasteiger partial charge in [0.2, 0.25) is 0 Å². The van der Waals surface area contributed by atoms with Crippen LogP contribution in [0.3, 0.4) is 0 Å². The molecule has 1 aliphatic rings. The van der Waals surface area contributed by atoms with Gasteiger partial charge in [0.15, 0.2) is 23.2 Å². The molecule has 0 saturated carbocycles. The number of aliphatic hydroxyl groups is 3. The first-order valence-corrected chi connectivity index (χ1v) is 10.0. The number of rotatable bonds is 5. The van der Waals surface area contributed by atoms with Gasteiger partial charge in [0, 0.05) is 17.3 Å². The molecule has 1 fully saturated rings. The smallest absolute Gasteiger partial charge is 0.167 e. The summed E-state index contributed by atoms with van der Waals surface area (Å²) in [5.41, 5.74) is 2.98. The number of hydrogen-bond acceptors (Lipinski definition) is 10. The molecular formula is C21H25N5O6. The van der Waals surface area contributed by atoms with Crippen LogP contribution in [0.15, 0.2) is 18.9 Å². The maximum atomic E-state index is 10.5. The van der Waals surface area contributed by atoms with Crippen molar-refractivity contribution in [3.63, 3.8) is 0 Å². The fraction of sp³-hybridized carbons (Fsp3) is 0.381. The summed E-state index contributed by atoms with van der Waals surface area (Å²) >= 11 is 0. The molecule has 11 nitrogen and oxygen atoms in total. The number of aliphatic hydroxyl groups excluding tert-OH is 3. The average molecular weight is 443 g/mol. The molecule has 0 aliphatic carbocycles. The number of ether oxygens (including phenoxy) is 1. The Morgan fingerprint density at radius 3 is 2.44 bits per heavy atom. The lowest BCUT2D eigenvalue weighted by Crippen LogP contribution is -2.33. The third-order valence-electron chi connectivity index (χ3n) is 5.91. The van der Waals surface area contributed by atoms with Crippen LogP contribution in [0.25, 0.3) is 17.2 Å². The monoisotopic (exact) mass is 443 g/mol. The van der Waals surface area contributed by atoms with E-state index >= 15 is 0 Å². The number of phenolic OH excluding ortho intramolecular Hbond substituents is 2. The van der Waals surface area contributed by atoms with E-state index in [1.807, 2.05) is 0 Å². The molecule has 6 N–H and O–H groups in total. The number of nitrogens with zero attached hydrogens (tertiary/aromatic N) is 4. The van der Waals surface area contributed by atoms with Crippen LogP contribution in [-0.4, -0.2) is 70.0 Å². The molecule has 1 aliphatic heterocycles. The first-order valence-electron chi connectivity index (χ1n) is 10.0. The van der Waals surface area contributed by atoms with Gasteiger partial charge in [-0.1, -0.05) is 0 Å². The van der Waals surface area contributed by atoms with Crippen LogP contribution in [-0.2, 0) is 4.74 Å². The van der Waals surface area contributed by atoms with Gasteiger partial charge in [-0.05, 0) is 38.0 Å². The van der Waals surface area contributed by atoms with Crippen molar-refractivity contribution in [3.8, 4) is 11.5 Å². The third-order valence-corrected chi connectivity index (χ3v) is 5.91. The largest absolute Gasteiger partial charge is 0.507 e. The molecule has 0 radical (unpaired) electrons. The quantitative estimate of drug-likeness (QED) is 0.311. The molecule has 1 aromatic carbocycles. The fourth-order valence-electron chi connectivity index (χ4n) is 3.81. The zero-order valence-corrected chi connectivity index (χ0v) is 17.8. The summed E-state index contributed by atoms with van der Waals surface area (Å²) < 4.78 is 7.02. The van der Waals surface area contributed by atoms with Gasteiger partial charge in [0.05, 0.1) is 12.9 Å². The number of anilines is 1. The first kappa shape index (κ1) is 22.0. The van der Waals surface area contributed by atoms with Gasteiger partial charge < -0.3 is 35.6 Å². The summed E-state index contributed by atoms with van der Waals surface area (Å²) in [5.74, 6) is 0.570. The van der Waals surface area contributed by atoms with Gasteiger partial charge >= 0.3 is 0 Å². The second kappa shape index (κ2) is 8.36. The van der Waals surface area contributed by atoms with Crippen LogP contribution in [0, 0.1) is 20.8 Å². The number of aromatic nitrogens is 4. The number of phenols is 2. The van der Waals surface area contributed by atoms with Crippen molar-refractivity contribution in [2.45, 2.75) is 45.3 Å². The molecule has 3 heterocycles. The van der Waals surface area contributed by atoms with Crippen LogP contribution in [0.5, 0.6) is 11.5 Å². The number of imidazole rings is 1. The standard InChI is InChI=1S/C21H25N5O6/c1-9-10(2)16(29)12(11(3)15(9)28)4-5-22-19-14-20(24-7-23-19)26(8-25-14)21-18(31)17(30)13(6-27)32-21/h4-5,7-8,13,17-18,21,27-31H,6H2,1-3H3,(H,22,23,24). The molecule has 2 aromatic heterocycles. The summed E-state index contributed by atoms with van der Waals surface area (Å²) in [6, 6.07) is 0. The Morgan fingerprint density at radius 1 is 1.03 bits per heavy atom. The van der Waals surface area contributed by atoms with E-state index in [0.29, 0.717) is 39.2 Å². The van der Waals surface area contributed by atoms with Gasteiger partial charge in [-0.2, -0.15) is 0 Å². The maximum absolute atomic E-state index is 10.5. The van der Waals surface area contributed by atoms with E-state index < -0.39 is 31.1 Å². The summed E-state index contributed by atoms with van der Waals surface area (Å²) in [6.45, 7) is 4.75. The predicted octanol–water partition coefficient (Wildman–Crippen LogP) is 0.857. The van der Waals surface area contributed by atoms with Crippen LogP contribution < -0.4 is 5.32 Å². The third kappa shape index (κ3) is 3.45. The van der Waals surface area contributed by atoms with Crippen molar-refractivity contribution in [2.24, 2.45) is 0 Å². The molecule has 170 valence electrons. The van der Waals surface area contributed by atoms with E-state index in [0.717, 1.165) is 0 Å². The first-order chi connectivity index (χ1) is 15.3. The summed E-state index contributed by atoms with van der Waals surface area (Å²) in [7, 11) is 0. The second-order valence-corrected chi connectivity index (χ2v) is 7.74. The van der Waals surface area contributed by atoms with Gasteiger partial charge in [0.25, 0.3) is 0 Å². The van der Waals surface area contributed by atoms with Gasteiger partial charge in [-0.25, -0.2) is 15.0 Å². The van der Waals surface area contributed by atoms with Crippen LogP contribution in [0.4, 0.5) is 5.82 Å². The molecule has 11 heteroatoms. The Labute approximate surface area is 183 Å². The van der Waals surface area contributed by atoms with Crippen LogP contribution >= 0.6 is 0 Å². The Kier molecular flexibility index (Phi) is 5.73. The molecule has 0 amide bonds. The van der Waals surface area contributed by atoms with Gasteiger partial charge in [0.1, 0.15) is 36.1 Å². The van der Waals surface area contributed by atoms with Gasteiger partial charge in [-0.3, -0.25) is 4.57 Å². The second-order valence-electron chi connectivity index (χ2n) is 7.74. The van der Waals surface area contributed by atoms with Crippen molar-refractivity contribution in [1.82, 2.24) is 19.5 Å². The SMILES string of the molecule is Cc1c(C)c(O)c(C=CNc2ncnc3c2ncn3C2OC(CO)C(O)C2O)c(C)c1O. The molecule has 4 rings (SSSR count). The number of hydrogen-bond donors (Lipinski definition) is 6. The Hall–Kier alpha value is -3.25. The maximum Gasteiger partial charge on any atom is 0.167 e. The van der Waals surface area contributed by atoms with E-state index in [9.17, 15) is 25.5 Å². The summed E-state index contributed by atoms with van der Waals surface area (Å²) in [5, 5.41) is 53.3. The molecular weight excluding hydrogens is 418 g/mol. The highest BCUT2D eigenvalue weighted by Crippen LogP contribution is 2.37. The molecule has 3 aromatic rings. The van der Waals surface area contributed by atoms with Crippen molar-refractivity contribution >= 4 is 23.1 Å². The van der Waals surface area contributed by atoms with Crippen LogP contribution in [0.1, 0.15) is 28.5 Å². The number of aromatic hydroxyl groups is 2. The lowest BCUT2D eigenvalue weighted by Gasteiger charge is -2.16. The normalized spacial score (nSPS) is 23.4. The molecule has 1 saturated heterocycles. The Balaban J connectivity index is 1.63. The topological polar surface area (TPSA) is 166 Å². The molecule has 0 bridgehead atoms. The molecule has 4 atom stereocenters. The zero-order valence-electron chi connectivity index (χ0n) is 17.8. The molecule has 0 spiro atoms. The van der Waals surface area contributed by atoms with Crippen molar-refractivity contribution in [1.29, 1.82) is 0 Å². The molecule has 32 heavy (non-hydrogen) atoms. The summed E-state index contributed by atoms with van der Waals surface area (Å²) in [6.07, 6.45) is 1.50. The highest BCUT2D eigenvalue weighted by atomic mass is 16.6. The van der Waals surface area contributed by atoms with Crippen molar-refractivity contribution in [3.05, 3.63) is 41.1 Å². The minimum Gasteiger partial charge on any atom is -0.507 e.